The minimum Gasteiger partial charge on any atom is -0.392 e. The monoisotopic (exact) mass is 284 g/mol. The van der Waals surface area contributed by atoms with Gasteiger partial charge in [-0.2, -0.15) is 0 Å². The average molecular weight is 284 g/mol. The quantitative estimate of drug-likeness (QED) is 0.802. The number of hydrogen-bond donors (Lipinski definition) is 1. The van der Waals surface area contributed by atoms with Crippen molar-refractivity contribution in [3.05, 3.63) is 58.9 Å². The van der Waals surface area contributed by atoms with Gasteiger partial charge in [0.2, 0.25) is 0 Å². The van der Waals surface area contributed by atoms with E-state index < -0.39 is 0 Å². The van der Waals surface area contributed by atoms with Crippen LogP contribution in [0, 0.1) is 0 Å². The lowest BCUT2D eigenvalue weighted by atomic mass is 9.92. The third kappa shape index (κ3) is 1.96. The number of benzene rings is 1. The second-order valence-electron chi connectivity index (χ2n) is 5.44. The number of aliphatic hydroxyl groups excluding tert-OH is 1. The lowest BCUT2D eigenvalue weighted by molar-refractivity contribution is 0.142. The van der Waals surface area contributed by atoms with Gasteiger partial charge in [0, 0.05) is 30.1 Å². The summed E-state index contributed by atoms with van der Waals surface area (Å²) in [6.45, 7) is 0. The first-order valence-corrected chi connectivity index (χ1v) is 7.86. The van der Waals surface area contributed by atoms with Gasteiger partial charge in [0.05, 0.1) is 11.8 Å². The zero-order chi connectivity index (χ0) is 13.5. The fourth-order valence-electron chi connectivity index (χ4n) is 3.22. The molecule has 0 radical (unpaired) electrons. The van der Waals surface area contributed by atoms with Gasteiger partial charge in [-0.3, -0.25) is 4.40 Å². The number of fused-ring (bicyclic) bond motifs is 2. The van der Waals surface area contributed by atoms with Crippen molar-refractivity contribution in [2.75, 3.05) is 0 Å². The zero-order valence-corrected chi connectivity index (χ0v) is 11.9. The van der Waals surface area contributed by atoms with Crippen molar-refractivity contribution < 1.29 is 5.11 Å². The molecule has 2 aromatic heterocycles. The van der Waals surface area contributed by atoms with Crippen molar-refractivity contribution in [1.29, 1.82) is 0 Å². The Morgan fingerprint density at radius 1 is 1.40 bits per heavy atom. The lowest BCUT2D eigenvalue weighted by Crippen LogP contribution is -2.19. The number of aliphatic hydroxyl groups is 1. The minimum atomic E-state index is -0.344. The van der Waals surface area contributed by atoms with Gasteiger partial charge < -0.3 is 5.11 Å². The standard InChI is InChI=1S/C16H16N2OS/c19-15(9-12-10-18-7-8-20-16(18)17-12)14-6-5-11-3-1-2-4-13(11)14/h1-4,7-8,10,14-15,19H,5-6,9H2. The van der Waals surface area contributed by atoms with Gasteiger partial charge in [-0.15, -0.1) is 11.3 Å². The third-order valence-corrected chi connectivity index (χ3v) is 4.98. The van der Waals surface area contributed by atoms with Crippen LogP contribution in [-0.4, -0.2) is 20.6 Å². The van der Waals surface area contributed by atoms with Crippen LogP contribution >= 0.6 is 11.3 Å². The maximum absolute atomic E-state index is 10.6. The number of aryl methyl sites for hydroxylation is 1. The smallest absolute Gasteiger partial charge is 0.193 e. The van der Waals surface area contributed by atoms with Gasteiger partial charge in [0.1, 0.15) is 0 Å². The van der Waals surface area contributed by atoms with Crippen LogP contribution in [-0.2, 0) is 12.8 Å². The molecule has 3 aromatic rings. The van der Waals surface area contributed by atoms with Gasteiger partial charge in [-0.05, 0) is 24.0 Å². The summed E-state index contributed by atoms with van der Waals surface area (Å²) in [5.41, 5.74) is 3.69. The molecule has 1 aromatic carbocycles. The van der Waals surface area contributed by atoms with Crippen LogP contribution in [0.4, 0.5) is 0 Å². The molecule has 0 aliphatic heterocycles. The molecule has 0 saturated carbocycles. The maximum Gasteiger partial charge on any atom is 0.193 e. The number of aromatic nitrogens is 2. The molecule has 0 amide bonds. The topological polar surface area (TPSA) is 37.5 Å². The molecule has 0 bridgehead atoms. The van der Waals surface area contributed by atoms with Crippen LogP contribution in [0.3, 0.4) is 0 Å². The highest BCUT2D eigenvalue weighted by Crippen LogP contribution is 2.36. The Kier molecular flexibility index (Phi) is 2.86. The summed E-state index contributed by atoms with van der Waals surface area (Å²) in [7, 11) is 0. The predicted octanol–water partition coefficient (Wildman–Crippen LogP) is 3.03. The van der Waals surface area contributed by atoms with E-state index in [-0.39, 0.29) is 12.0 Å². The Morgan fingerprint density at radius 2 is 2.30 bits per heavy atom. The minimum absolute atomic E-state index is 0.255. The van der Waals surface area contributed by atoms with Crippen molar-refractivity contribution >= 4 is 16.3 Å². The van der Waals surface area contributed by atoms with Gasteiger partial charge >= 0.3 is 0 Å². The Balaban J connectivity index is 1.56. The first kappa shape index (κ1) is 12.1. The molecule has 0 saturated heterocycles. The molecule has 2 unspecified atom stereocenters. The van der Waals surface area contributed by atoms with Gasteiger partial charge in [-0.1, -0.05) is 24.3 Å². The molecule has 3 nitrogen and oxygen atoms in total. The maximum atomic E-state index is 10.6. The fourth-order valence-corrected chi connectivity index (χ4v) is 3.94. The third-order valence-electron chi connectivity index (χ3n) is 4.21. The molecule has 102 valence electrons. The number of hydrogen-bond acceptors (Lipinski definition) is 3. The molecule has 4 rings (SSSR count). The van der Waals surface area contributed by atoms with Gasteiger partial charge in [-0.25, -0.2) is 4.98 Å². The summed E-state index contributed by atoms with van der Waals surface area (Å²) in [6, 6.07) is 8.48. The molecule has 2 atom stereocenters. The summed E-state index contributed by atoms with van der Waals surface area (Å²) in [5, 5.41) is 12.6. The Bertz CT molecular complexity index is 717. The van der Waals surface area contributed by atoms with Crippen molar-refractivity contribution in [2.45, 2.75) is 31.3 Å². The summed E-state index contributed by atoms with van der Waals surface area (Å²) in [4.78, 5) is 5.56. The first-order valence-electron chi connectivity index (χ1n) is 6.98. The second-order valence-corrected chi connectivity index (χ2v) is 6.31. The number of imidazole rings is 1. The molecular weight excluding hydrogens is 268 g/mol. The summed E-state index contributed by atoms with van der Waals surface area (Å²) >= 11 is 1.63. The highest BCUT2D eigenvalue weighted by atomic mass is 32.1. The number of rotatable bonds is 3. The van der Waals surface area contributed by atoms with Crippen LogP contribution in [0.2, 0.25) is 0 Å². The van der Waals surface area contributed by atoms with Crippen molar-refractivity contribution in [3.63, 3.8) is 0 Å². The van der Waals surface area contributed by atoms with Gasteiger partial charge in [0.25, 0.3) is 0 Å². The van der Waals surface area contributed by atoms with E-state index in [1.165, 1.54) is 11.1 Å². The van der Waals surface area contributed by atoms with E-state index in [0.717, 1.165) is 23.5 Å². The molecule has 1 aliphatic rings. The first-order chi connectivity index (χ1) is 9.81. The van der Waals surface area contributed by atoms with E-state index in [9.17, 15) is 5.11 Å². The van der Waals surface area contributed by atoms with E-state index in [1.54, 1.807) is 11.3 Å². The lowest BCUT2D eigenvalue weighted by Gasteiger charge is -2.18. The molecule has 0 spiro atoms. The number of nitrogens with zero attached hydrogens (tertiary/aromatic N) is 2. The molecule has 20 heavy (non-hydrogen) atoms. The predicted molar refractivity (Wildman–Crippen MR) is 80.3 cm³/mol. The van der Waals surface area contributed by atoms with Gasteiger partial charge in [0.15, 0.2) is 4.96 Å². The summed E-state index contributed by atoms with van der Waals surface area (Å²) in [5.74, 6) is 0.255. The summed E-state index contributed by atoms with van der Waals surface area (Å²) in [6.07, 6.45) is 6.44. The molecule has 0 fully saturated rings. The van der Waals surface area contributed by atoms with Crippen LogP contribution in [0.1, 0.15) is 29.2 Å². The van der Waals surface area contributed by atoms with Crippen molar-refractivity contribution in [2.24, 2.45) is 0 Å². The summed E-state index contributed by atoms with van der Waals surface area (Å²) < 4.78 is 2.02. The van der Waals surface area contributed by atoms with Crippen molar-refractivity contribution in [3.8, 4) is 0 Å². The molecule has 2 heterocycles. The van der Waals surface area contributed by atoms with Crippen LogP contribution in [0.5, 0.6) is 0 Å². The van der Waals surface area contributed by atoms with Crippen LogP contribution in [0.15, 0.2) is 42.0 Å². The molecular formula is C16H16N2OS. The molecule has 4 heteroatoms. The van der Waals surface area contributed by atoms with Crippen LogP contribution in [0.25, 0.3) is 4.96 Å². The van der Waals surface area contributed by atoms with E-state index >= 15 is 0 Å². The Labute approximate surface area is 121 Å². The highest BCUT2D eigenvalue weighted by molar-refractivity contribution is 7.15. The molecule has 1 aliphatic carbocycles. The Hall–Kier alpha value is -1.65. The largest absolute Gasteiger partial charge is 0.392 e. The zero-order valence-electron chi connectivity index (χ0n) is 11.1. The normalized spacial score (nSPS) is 19.4. The van der Waals surface area contributed by atoms with Crippen molar-refractivity contribution in [1.82, 2.24) is 9.38 Å². The Morgan fingerprint density at radius 3 is 3.20 bits per heavy atom. The SMILES string of the molecule is OC(Cc1cn2ccsc2n1)C1CCc2ccccc21. The second kappa shape index (κ2) is 4.72. The van der Waals surface area contributed by atoms with E-state index in [4.69, 9.17) is 0 Å². The fraction of sp³-hybridized carbons (Fsp3) is 0.312. The van der Waals surface area contributed by atoms with Crippen LogP contribution < -0.4 is 0 Å². The molecule has 1 N–H and O–H groups in total. The average Bonchev–Trinajstić information content (AvgIpc) is 3.10. The van der Waals surface area contributed by atoms with E-state index in [0.29, 0.717) is 6.42 Å². The van der Waals surface area contributed by atoms with E-state index in [2.05, 4.69) is 29.2 Å². The highest BCUT2D eigenvalue weighted by Gasteiger charge is 2.28. The van der Waals surface area contributed by atoms with E-state index in [1.807, 2.05) is 22.2 Å². The number of thiazole rings is 1.